The fraction of sp³-hybridized carbons (Fsp3) is 0.615. The molecule has 0 unspecified atom stereocenters. The lowest BCUT2D eigenvalue weighted by Gasteiger charge is -2.37. The van der Waals surface area contributed by atoms with Gasteiger partial charge in [0, 0.05) is 31.1 Å². The molecule has 1 atom stereocenters. The number of fused-ring (bicyclic) bond motifs is 1. The zero-order chi connectivity index (χ0) is 30.1. The van der Waals surface area contributed by atoms with Crippen LogP contribution in [0.15, 0.2) is 6.07 Å². The Morgan fingerprint density at radius 3 is 2.49 bits per heavy atom. The van der Waals surface area contributed by atoms with Crippen LogP contribution in [0.3, 0.4) is 0 Å². The molecule has 0 spiro atoms. The highest BCUT2D eigenvalue weighted by molar-refractivity contribution is 7.18. The minimum Gasteiger partial charge on any atom is -0.428 e. The maximum Gasteiger partial charge on any atom is 0.449 e. The summed E-state index contributed by atoms with van der Waals surface area (Å²) in [6.45, 7) is 7.27. The van der Waals surface area contributed by atoms with Gasteiger partial charge >= 0.3 is 18.1 Å². The average Bonchev–Trinajstić information content (AvgIpc) is 3.54. The Kier molecular flexibility index (Phi) is 8.76. The van der Waals surface area contributed by atoms with Gasteiger partial charge in [0.15, 0.2) is 0 Å². The number of alkyl halides is 3. The van der Waals surface area contributed by atoms with Crippen molar-refractivity contribution in [3.8, 4) is 0 Å². The van der Waals surface area contributed by atoms with Crippen LogP contribution in [0.2, 0.25) is 0 Å². The summed E-state index contributed by atoms with van der Waals surface area (Å²) < 4.78 is 49.6. The molecule has 2 fully saturated rings. The molecule has 41 heavy (non-hydrogen) atoms. The smallest absolute Gasteiger partial charge is 0.428 e. The predicted molar refractivity (Wildman–Crippen MR) is 149 cm³/mol. The molecular formula is C26H34F3N7O4S. The first kappa shape index (κ1) is 30.5. The van der Waals surface area contributed by atoms with E-state index in [1.807, 2.05) is 11.0 Å². The Bertz CT molecular complexity index is 1340. The molecule has 2 aromatic heterocycles. The molecular weight excluding hydrogens is 563 g/mol. The van der Waals surface area contributed by atoms with Gasteiger partial charge in [0.25, 0.3) is 0 Å². The number of ether oxygens (including phenoxy) is 2. The highest BCUT2D eigenvalue weighted by Crippen LogP contribution is 2.35. The van der Waals surface area contributed by atoms with Gasteiger partial charge in [-0.25, -0.2) is 4.98 Å². The number of nitrogens with zero attached hydrogens (tertiary/aromatic N) is 5. The third-order valence-corrected chi connectivity index (χ3v) is 7.90. The van der Waals surface area contributed by atoms with E-state index in [9.17, 15) is 22.8 Å². The predicted octanol–water partition coefficient (Wildman–Crippen LogP) is 4.20. The monoisotopic (exact) mass is 597 g/mol. The minimum absolute atomic E-state index is 0.133. The maximum absolute atomic E-state index is 13.1. The van der Waals surface area contributed by atoms with Crippen LogP contribution in [-0.4, -0.2) is 84.2 Å². The average molecular weight is 598 g/mol. The van der Waals surface area contributed by atoms with Crippen molar-refractivity contribution >= 4 is 56.9 Å². The molecule has 4 rings (SSSR count). The highest BCUT2D eigenvalue weighted by Gasteiger charge is 2.42. The number of carbonyl (C=O) groups excluding carboxylic acids is 2. The third kappa shape index (κ3) is 6.88. The normalized spacial score (nSPS) is 18.3. The third-order valence-electron chi connectivity index (χ3n) is 6.81. The summed E-state index contributed by atoms with van der Waals surface area (Å²) in [5.74, 6) is -2.46. The van der Waals surface area contributed by atoms with Crippen molar-refractivity contribution in [3.05, 3.63) is 10.9 Å². The Morgan fingerprint density at radius 1 is 1.12 bits per heavy atom. The standard InChI is InChI=1S/C26H34F3N7O4S/c1-5-6-16-11-17-19(34-9-10-36(18(30)13-34)22(31)26(27,28)29)32-24(33-20(17)41-16)35-8-7-15(12-35)21(37)39-14-40-23(38)25(2,3)4/h11,15,30-31H,5-10,12-14H2,1-4H3/t15-/m1/s1. The van der Waals surface area contributed by atoms with Crippen LogP contribution in [-0.2, 0) is 25.5 Å². The molecule has 2 saturated heterocycles. The van der Waals surface area contributed by atoms with E-state index in [2.05, 4.69) is 6.92 Å². The number of hydrogen-bond donors (Lipinski definition) is 2. The summed E-state index contributed by atoms with van der Waals surface area (Å²) in [5.41, 5.74) is -0.714. The zero-order valence-electron chi connectivity index (χ0n) is 23.4. The molecule has 4 heterocycles. The SMILES string of the molecule is CCCc1cc2c(N3CCN(C(=N)C(F)(F)F)C(=N)C3)nc(N3CC[C@@H](C(=O)OCOC(=O)C(C)(C)C)C3)nc2s1. The number of hydrogen-bond acceptors (Lipinski definition) is 11. The van der Waals surface area contributed by atoms with E-state index in [-0.39, 0.29) is 32.0 Å². The van der Waals surface area contributed by atoms with E-state index in [1.54, 1.807) is 25.7 Å². The summed E-state index contributed by atoms with van der Waals surface area (Å²) in [4.78, 5) is 40.1. The van der Waals surface area contributed by atoms with Crippen LogP contribution < -0.4 is 9.80 Å². The van der Waals surface area contributed by atoms with E-state index in [1.165, 1.54) is 11.3 Å². The number of anilines is 2. The van der Waals surface area contributed by atoms with Crippen molar-refractivity contribution in [1.29, 1.82) is 10.8 Å². The Labute approximate surface area is 239 Å². The number of halogens is 3. The molecule has 11 nitrogen and oxygen atoms in total. The van der Waals surface area contributed by atoms with Gasteiger partial charge in [-0.15, -0.1) is 11.3 Å². The van der Waals surface area contributed by atoms with E-state index < -0.39 is 42.1 Å². The Morgan fingerprint density at radius 2 is 1.85 bits per heavy atom. The molecule has 2 aliphatic rings. The molecule has 0 bridgehead atoms. The minimum atomic E-state index is -4.84. The van der Waals surface area contributed by atoms with Crippen LogP contribution in [0.4, 0.5) is 24.9 Å². The molecule has 0 aromatic carbocycles. The number of carbonyl (C=O) groups is 2. The van der Waals surface area contributed by atoms with Crippen molar-refractivity contribution in [3.63, 3.8) is 0 Å². The fourth-order valence-corrected chi connectivity index (χ4v) is 5.71. The first-order valence-electron chi connectivity index (χ1n) is 13.3. The van der Waals surface area contributed by atoms with E-state index >= 15 is 0 Å². The van der Waals surface area contributed by atoms with Crippen LogP contribution in [0.1, 0.15) is 45.4 Å². The molecule has 2 aliphatic heterocycles. The van der Waals surface area contributed by atoms with Gasteiger partial charge in [-0.05, 0) is 39.7 Å². The van der Waals surface area contributed by atoms with Crippen LogP contribution in [0.25, 0.3) is 10.2 Å². The molecule has 224 valence electrons. The number of aromatic nitrogens is 2. The summed E-state index contributed by atoms with van der Waals surface area (Å²) in [7, 11) is 0. The summed E-state index contributed by atoms with van der Waals surface area (Å²) in [5, 5.41) is 16.4. The number of amidine groups is 2. The fourth-order valence-electron chi connectivity index (χ4n) is 4.59. The van der Waals surface area contributed by atoms with Crippen LogP contribution in [0, 0.1) is 22.2 Å². The maximum atomic E-state index is 13.1. The van der Waals surface area contributed by atoms with Gasteiger partial charge < -0.3 is 24.2 Å². The highest BCUT2D eigenvalue weighted by atomic mass is 32.1. The second-order valence-corrected chi connectivity index (χ2v) is 12.2. The number of esters is 2. The van der Waals surface area contributed by atoms with E-state index in [0.717, 1.165) is 23.1 Å². The lowest BCUT2D eigenvalue weighted by atomic mass is 9.98. The lowest BCUT2D eigenvalue weighted by molar-refractivity contribution is -0.175. The van der Waals surface area contributed by atoms with Gasteiger partial charge in [-0.1, -0.05) is 13.3 Å². The number of thiophene rings is 1. The molecule has 0 radical (unpaired) electrons. The number of nitrogens with one attached hydrogen (secondary N) is 2. The number of rotatable bonds is 7. The molecule has 0 aliphatic carbocycles. The van der Waals surface area contributed by atoms with E-state index in [4.69, 9.17) is 30.3 Å². The molecule has 0 amide bonds. The second kappa shape index (κ2) is 11.8. The molecule has 15 heteroatoms. The quantitative estimate of drug-likeness (QED) is 0.208. The summed E-state index contributed by atoms with van der Waals surface area (Å²) in [6.07, 6.45) is -2.60. The van der Waals surface area contributed by atoms with Gasteiger partial charge in [0.05, 0.1) is 23.3 Å². The summed E-state index contributed by atoms with van der Waals surface area (Å²) >= 11 is 1.51. The Hall–Kier alpha value is -3.49. The van der Waals surface area contributed by atoms with Crippen molar-refractivity contribution in [2.45, 2.75) is 53.1 Å². The largest absolute Gasteiger partial charge is 0.449 e. The van der Waals surface area contributed by atoms with Crippen molar-refractivity contribution in [2.24, 2.45) is 11.3 Å². The zero-order valence-corrected chi connectivity index (χ0v) is 24.2. The van der Waals surface area contributed by atoms with Crippen LogP contribution >= 0.6 is 11.3 Å². The topological polar surface area (TPSA) is 136 Å². The van der Waals surface area contributed by atoms with Gasteiger partial charge in [0.1, 0.15) is 16.5 Å². The molecule has 2 aromatic rings. The molecule has 0 saturated carbocycles. The van der Waals surface area contributed by atoms with E-state index in [0.29, 0.717) is 34.5 Å². The second-order valence-electron chi connectivity index (χ2n) is 11.1. The first-order chi connectivity index (χ1) is 19.2. The summed E-state index contributed by atoms with van der Waals surface area (Å²) in [6, 6.07) is 1.99. The van der Waals surface area contributed by atoms with Gasteiger partial charge in [0.2, 0.25) is 18.6 Å². The molecule has 2 N–H and O–H groups in total. The number of aryl methyl sites for hydroxylation is 1. The van der Waals surface area contributed by atoms with Crippen molar-refractivity contribution < 1.29 is 32.2 Å². The lowest BCUT2D eigenvalue weighted by Crippen LogP contribution is -2.55. The Balaban J connectivity index is 1.51. The van der Waals surface area contributed by atoms with Crippen LogP contribution in [0.5, 0.6) is 0 Å². The number of piperazine rings is 1. The van der Waals surface area contributed by atoms with Crippen molar-refractivity contribution in [2.75, 3.05) is 49.3 Å². The van der Waals surface area contributed by atoms with Crippen molar-refractivity contribution in [1.82, 2.24) is 14.9 Å². The first-order valence-corrected chi connectivity index (χ1v) is 14.2. The van der Waals surface area contributed by atoms with Gasteiger partial charge in [-0.2, -0.15) is 18.2 Å². The van der Waals surface area contributed by atoms with Gasteiger partial charge in [-0.3, -0.25) is 20.4 Å².